The molecule has 1 unspecified atom stereocenters. The molecule has 2 amide bonds. The van der Waals surface area contributed by atoms with Crippen LogP contribution in [0.15, 0.2) is 28.7 Å². The fourth-order valence-corrected chi connectivity index (χ4v) is 2.67. The molecule has 1 fully saturated rings. The van der Waals surface area contributed by atoms with Gasteiger partial charge in [-0.3, -0.25) is 9.59 Å². The number of amides is 2. The number of hydrogen-bond acceptors (Lipinski definition) is 2. The van der Waals surface area contributed by atoms with Crippen LogP contribution in [0, 0.1) is 5.92 Å². The molecular formula is C15H19BrN2O2. The van der Waals surface area contributed by atoms with E-state index in [4.69, 9.17) is 0 Å². The number of benzene rings is 1. The molecule has 5 heteroatoms. The van der Waals surface area contributed by atoms with E-state index >= 15 is 0 Å². The van der Waals surface area contributed by atoms with Crippen LogP contribution in [0.3, 0.4) is 0 Å². The van der Waals surface area contributed by atoms with Crippen LogP contribution in [0.4, 0.5) is 5.69 Å². The van der Waals surface area contributed by atoms with Crippen molar-refractivity contribution in [3.8, 4) is 0 Å². The molecule has 0 radical (unpaired) electrons. The molecule has 1 aliphatic heterocycles. The Bertz CT molecular complexity index is 487. The molecule has 2 rings (SSSR count). The molecule has 0 aromatic heterocycles. The largest absolute Gasteiger partial charge is 0.342 e. The molecule has 4 nitrogen and oxygen atoms in total. The summed E-state index contributed by atoms with van der Waals surface area (Å²) in [5, 5.41) is 2.74. The maximum absolute atomic E-state index is 12.1. The van der Waals surface area contributed by atoms with E-state index in [1.807, 2.05) is 12.1 Å². The molecule has 1 atom stereocenters. The fourth-order valence-electron chi connectivity index (χ4n) is 2.40. The Balaban J connectivity index is 1.84. The van der Waals surface area contributed by atoms with Crippen molar-refractivity contribution >= 4 is 33.4 Å². The molecule has 1 N–H and O–H groups in total. The first-order valence-electron chi connectivity index (χ1n) is 6.88. The van der Waals surface area contributed by atoms with Crippen molar-refractivity contribution in [2.45, 2.75) is 26.2 Å². The Hall–Kier alpha value is -1.36. The third-order valence-electron chi connectivity index (χ3n) is 3.45. The highest BCUT2D eigenvalue weighted by molar-refractivity contribution is 9.10. The maximum atomic E-state index is 12.1. The van der Waals surface area contributed by atoms with Gasteiger partial charge in [0.2, 0.25) is 11.8 Å². The smallest absolute Gasteiger partial charge is 0.233 e. The first kappa shape index (κ1) is 15.0. The minimum Gasteiger partial charge on any atom is -0.342 e. The van der Waals surface area contributed by atoms with Gasteiger partial charge in [-0.15, -0.1) is 0 Å². The first-order chi connectivity index (χ1) is 9.54. The van der Waals surface area contributed by atoms with Gasteiger partial charge in [-0.1, -0.05) is 22.9 Å². The fraction of sp³-hybridized carbons (Fsp3) is 0.467. The SMILES string of the molecule is CC1CCCN(C(=O)CC(=O)Nc2ccc(Br)cc2)C1. The molecular weight excluding hydrogens is 320 g/mol. The van der Waals surface area contributed by atoms with E-state index in [-0.39, 0.29) is 18.2 Å². The predicted molar refractivity (Wildman–Crippen MR) is 82.4 cm³/mol. The topological polar surface area (TPSA) is 49.4 Å². The standard InChI is InChI=1S/C15H19BrN2O2/c1-11-3-2-8-18(10-11)15(20)9-14(19)17-13-6-4-12(16)5-7-13/h4-7,11H,2-3,8-10H2,1H3,(H,17,19). The monoisotopic (exact) mass is 338 g/mol. The number of carbonyl (C=O) groups is 2. The van der Waals surface area contributed by atoms with E-state index in [9.17, 15) is 9.59 Å². The molecule has 1 aliphatic rings. The third-order valence-corrected chi connectivity index (χ3v) is 3.98. The number of hydrogen-bond donors (Lipinski definition) is 1. The average molecular weight is 339 g/mol. The molecule has 1 aromatic carbocycles. The van der Waals surface area contributed by atoms with E-state index < -0.39 is 0 Å². The zero-order valence-electron chi connectivity index (χ0n) is 11.6. The van der Waals surface area contributed by atoms with Crippen molar-refractivity contribution in [2.75, 3.05) is 18.4 Å². The van der Waals surface area contributed by atoms with Gasteiger partial charge in [-0.05, 0) is 43.0 Å². The molecule has 1 saturated heterocycles. The van der Waals surface area contributed by atoms with Gasteiger partial charge in [0.05, 0.1) is 0 Å². The molecule has 20 heavy (non-hydrogen) atoms. The number of likely N-dealkylation sites (tertiary alicyclic amines) is 1. The second-order valence-electron chi connectivity index (χ2n) is 5.32. The van der Waals surface area contributed by atoms with Crippen molar-refractivity contribution in [3.05, 3.63) is 28.7 Å². The summed E-state index contributed by atoms with van der Waals surface area (Å²) in [6.45, 7) is 3.68. The Morgan fingerprint density at radius 3 is 2.70 bits per heavy atom. The number of halogens is 1. The third kappa shape index (κ3) is 4.34. The van der Waals surface area contributed by atoms with Crippen LogP contribution < -0.4 is 5.32 Å². The maximum Gasteiger partial charge on any atom is 0.233 e. The number of anilines is 1. The summed E-state index contributed by atoms with van der Waals surface area (Å²) in [5.74, 6) is 0.198. The second-order valence-corrected chi connectivity index (χ2v) is 6.23. The Morgan fingerprint density at radius 1 is 1.35 bits per heavy atom. The van der Waals surface area contributed by atoms with Crippen LogP contribution in [0.1, 0.15) is 26.2 Å². The number of carbonyl (C=O) groups excluding carboxylic acids is 2. The lowest BCUT2D eigenvalue weighted by Crippen LogP contribution is -2.40. The summed E-state index contributed by atoms with van der Waals surface area (Å²) >= 11 is 3.34. The van der Waals surface area contributed by atoms with Gasteiger partial charge < -0.3 is 10.2 Å². The number of nitrogens with one attached hydrogen (secondary N) is 1. The Labute approximate surface area is 127 Å². The highest BCUT2D eigenvalue weighted by Gasteiger charge is 2.22. The highest BCUT2D eigenvalue weighted by atomic mass is 79.9. The predicted octanol–water partition coefficient (Wildman–Crippen LogP) is 3.04. The first-order valence-corrected chi connectivity index (χ1v) is 7.67. The quantitative estimate of drug-likeness (QED) is 0.861. The molecule has 1 aromatic rings. The van der Waals surface area contributed by atoms with E-state index in [1.54, 1.807) is 17.0 Å². The van der Waals surface area contributed by atoms with Crippen LogP contribution >= 0.6 is 15.9 Å². The van der Waals surface area contributed by atoms with Gasteiger partial charge in [0, 0.05) is 23.2 Å². The molecule has 1 heterocycles. The van der Waals surface area contributed by atoms with E-state index in [0.717, 1.165) is 30.4 Å². The Kier molecular flexibility index (Phi) is 5.17. The molecule has 108 valence electrons. The van der Waals surface area contributed by atoms with Gasteiger partial charge in [0.15, 0.2) is 0 Å². The average Bonchev–Trinajstić information content (AvgIpc) is 2.41. The van der Waals surface area contributed by atoms with Crippen LogP contribution in [0.25, 0.3) is 0 Å². The van der Waals surface area contributed by atoms with Crippen LogP contribution in [0.5, 0.6) is 0 Å². The lowest BCUT2D eigenvalue weighted by atomic mass is 10.00. The summed E-state index contributed by atoms with van der Waals surface area (Å²) in [6.07, 6.45) is 2.11. The van der Waals surface area contributed by atoms with Crippen molar-refractivity contribution < 1.29 is 9.59 Å². The van der Waals surface area contributed by atoms with Crippen molar-refractivity contribution in [2.24, 2.45) is 5.92 Å². The summed E-state index contributed by atoms with van der Waals surface area (Å²) in [7, 11) is 0. The van der Waals surface area contributed by atoms with Crippen molar-refractivity contribution in [3.63, 3.8) is 0 Å². The van der Waals surface area contributed by atoms with Crippen molar-refractivity contribution in [1.82, 2.24) is 4.90 Å². The number of piperidine rings is 1. The minimum atomic E-state index is -0.254. The zero-order valence-corrected chi connectivity index (χ0v) is 13.1. The summed E-state index contributed by atoms with van der Waals surface area (Å²) in [5.41, 5.74) is 0.706. The zero-order chi connectivity index (χ0) is 14.5. The summed E-state index contributed by atoms with van der Waals surface area (Å²) < 4.78 is 0.953. The van der Waals surface area contributed by atoms with Crippen LogP contribution in [-0.4, -0.2) is 29.8 Å². The van der Waals surface area contributed by atoms with Gasteiger partial charge in [0.1, 0.15) is 6.42 Å². The molecule has 0 aliphatic carbocycles. The van der Waals surface area contributed by atoms with E-state index in [2.05, 4.69) is 28.2 Å². The van der Waals surface area contributed by atoms with Crippen LogP contribution in [0.2, 0.25) is 0 Å². The summed E-state index contributed by atoms with van der Waals surface area (Å²) in [6, 6.07) is 7.30. The molecule has 0 saturated carbocycles. The van der Waals surface area contributed by atoms with Gasteiger partial charge in [-0.2, -0.15) is 0 Å². The van der Waals surface area contributed by atoms with Gasteiger partial charge in [-0.25, -0.2) is 0 Å². The van der Waals surface area contributed by atoms with E-state index in [0.29, 0.717) is 11.6 Å². The molecule has 0 bridgehead atoms. The lowest BCUT2D eigenvalue weighted by molar-refractivity contribution is -0.136. The van der Waals surface area contributed by atoms with E-state index in [1.165, 1.54) is 0 Å². The lowest BCUT2D eigenvalue weighted by Gasteiger charge is -2.30. The van der Waals surface area contributed by atoms with Crippen LogP contribution in [-0.2, 0) is 9.59 Å². The van der Waals surface area contributed by atoms with Gasteiger partial charge >= 0.3 is 0 Å². The highest BCUT2D eigenvalue weighted by Crippen LogP contribution is 2.17. The van der Waals surface area contributed by atoms with Gasteiger partial charge in [0.25, 0.3) is 0 Å². The number of nitrogens with zero attached hydrogens (tertiary/aromatic N) is 1. The normalized spacial score (nSPS) is 18.7. The number of rotatable bonds is 3. The van der Waals surface area contributed by atoms with Crippen molar-refractivity contribution in [1.29, 1.82) is 0 Å². The minimum absolute atomic E-state index is 0.0776. The Morgan fingerprint density at radius 2 is 2.05 bits per heavy atom. The molecule has 0 spiro atoms. The summed E-state index contributed by atoms with van der Waals surface area (Å²) in [4.78, 5) is 25.7. The second kappa shape index (κ2) is 6.88.